The molecule has 0 aliphatic carbocycles. The highest BCUT2D eigenvalue weighted by Crippen LogP contribution is 2.28. The second-order valence-corrected chi connectivity index (χ2v) is 9.68. The number of nitrogens with zero attached hydrogens (tertiary/aromatic N) is 3. The van der Waals surface area contributed by atoms with E-state index in [4.69, 9.17) is 10.5 Å². The molecule has 0 saturated heterocycles. The highest BCUT2D eigenvalue weighted by molar-refractivity contribution is 6.03. The van der Waals surface area contributed by atoms with Gasteiger partial charge in [-0.15, -0.1) is 0 Å². The summed E-state index contributed by atoms with van der Waals surface area (Å²) >= 11 is 0. The van der Waals surface area contributed by atoms with Gasteiger partial charge in [-0.25, -0.2) is 9.07 Å². The van der Waals surface area contributed by atoms with Crippen molar-refractivity contribution in [2.45, 2.75) is 52.9 Å². The quantitative estimate of drug-likeness (QED) is 0.132. The first kappa shape index (κ1) is 31.1. The average molecular weight is 562 g/mol. The number of amides is 2. The van der Waals surface area contributed by atoms with Crippen molar-refractivity contribution in [3.63, 3.8) is 0 Å². The average Bonchev–Trinajstić information content (AvgIpc) is 3.41. The minimum atomic E-state index is -0.689. The Hall–Kier alpha value is -4.40. The van der Waals surface area contributed by atoms with E-state index in [-0.39, 0.29) is 22.9 Å². The number of benzene rings is 2. The Morgan fingerprint density at radius 1 is 1.07 bits per heavy atom. The van der Waals surface area contributed by atoms with Gasteiger partial charge in [0.15, 0.2) is 5.69 Å². The van der Waals surface area contributed by atoms with E-state index < -0.39 is 11.7 Å². The SMILES string of the molecule is C=C/C=C(/c1ccc(N)c(OC)c1)n1nc(C(=O)Nc2ccc(C(=O)N(CCC)CCCCC)cc2F)cc1CC. The Balaban J connectivity index is 1.85. The molecule has 0 radical (unpaired) electrons. The molecule has 0 atom stereocenters. The van der Waals surface area contributed by atoms with Crippen LogP contribution in [0.25, 0.3) is 5.70 Å². The highest BCUT2D eigenvalue weighted by atomic mass is 19.1. The number of aromatic nitrogens is 2. The number of methoxy groups -OCH3 is 1. The van der Waals surface area contributed by atoms with Crippen molar-refractivity contribution in [3.05, 3.63) is 89.5 Å². The van der Waals surface area contributed by atoms with E-state index in [0.717, 1.165) is 36.9 Å². The van der Waals surface area contributed by atoms with Crippen molar-refractivity contribution in [2.75, 3.05) is 31.2 Å². The summed E-state index contributed by atoms with van der Waals surface area (Å²) < 4.78 is 22.1. The molecule has 0 unspecified atom stereocenters. The standard InChI is InChI=1S/C32H40FN5O3/c1-6-10-11-18-37(17-8-3)32(40)23-14-16-27(25(33)19-23)35-31(39)28-21-24(9-4)38(36-28)29(12-7-2)22-13-15-26(34)30(20-22)41-5/h7,12-16,19-21H,2,6,8-11,17-18,34H2,1,3-5H3,(H,35,39)/b29-12-. The van der Waals surface area contributed by atoms with E-state index >= 15 is 4.39 Å². The first-order chi connectivity index (χ1) is 19.8. The van der Waals surface area contributed by atoms with Crippen LogP contribution < -0.4 is 15.8 Å². The summed E-state index contributed by atoms with van der Waals surface area (Å²) in [5.41, 5.74) is 9.01. The van der Waals surface area contributed by atoms with Gasteiger partial charge in [-0.1, -0.05) is 52.3 Å². The molecule has 2 amide bonds. The molecule has 0 saturated carbocycles. The number of hydrogen-bond acceptors (Lipinski definition) is 5. The lowest BCUT2D eigenvalue weighted by Crippen LogP contribution is -2.32. The number of nitrogen functional groups attached to an aromatic ring is 1. The second-order valence-electron chi connectivity index (χ2n) is 9.68. The van der Waals surface area contributed by atoms with Gasteiger partial charge < -0.3 is 20.7 Å². The maximum atomic E-state index is 15.1. The molecule has 0 aliphatic rings. The summed E-state index contributed by atoms with van der Waals surface area (Å²) in [6, 6.07) is 11.1. The molecule has 1 heterocycles. The molecule has 218 valence electrons. The van der Waals surface area contributed by atoms with Crippen LogP contribution in [0, 0.1) is 5.82 Å². The smallest absolute Gasteiger partial charge is 0.276 e. The van der Waals surface area contributed by atoms with Gasteiger partial charge in [0.1, 0.15) is 11.6 Å². The maximum absolute atomic E-state index is 15.1. The van der Waals surface area contributed by atoms with Crippen LogP contribution in [0.2, 0.25) is 0 Å². The van der Waals surface area contributed by atoms with Crippen LogP contribution >= 0.6 is 0 Å². The number of nitrogens with two attached hydrogens (primary N) is 1. The van der Waals surface area contributed by atoms with E-state index in [1.54, 1.807) is 46.0 Å². The van der Waals surface area contributed by atoms with Gasteiger partial charge >= 0.3 is 0 Å². The van der Waals surface area contributed by atoms with E-state index in [2.05, 4.69) is 23.9 Å². The molecule has 2 aromatic carbocycles. The number of carbonyl (C=O) groups excluding carboxylic acids is 2. The Kier molecular flexibility index (Phi) is 11.3. The third-order valence-corrected chi connectivity index (χ3v) is 6.69. The number of aryl methyl sites for hydroxylation is 1. The van der Waals surface area contributed by atoms with Crippen LogP contribution in [-0.4, -0.2) is 46.7 Å². The van der Waals surface area contributed by atoms with Crippen molar-refractivity contribution in [1.29, 1.82) is 0 Å². The number of rotatable bonds is 14. The molecular formula is C32H40FN5O3. The zero-order chi connectivity index (χ0) is 29.9. The number of ether oxygens (including phenoxy) is 1. The topological polar surface area (TPSA) is 102 Å². The first-order valence-electron chi connectivity index (χ1n) is 14.0. The minimum Gasteiger partial charge on any atom is -0.495 e. The summed E-state index contributed by atoms with van der Waals surface area (Å²) in [7, 11) is 1.54. The molecule has 1 aromatic heterocycles. The van der Waals surface area contributed by atoms with Gasteiger partial charge in [0.05, 0.1) is 24.2 Å². The van der Waals surface area contributed by atoms with Crippen LogP contribution in [0.4, 0.5) is 15.8 Å². The third-order valence-electron chi connectivity index (χ3n) is 6.69. The summed E-state index contributed by atoms with van der Waals surface area (Å²) in [5.74, 6) is -0.967. The molecule has 0 fully saturated rings. The van der Waals surface area contributed by atoms with E-state index in [0.29, 0.717) is 36.6 Å². The van der Waals surface area contributed by atoms with Crippen LogP contribution in [0.3, 0.4) is 0 Å². The first-order valence-corrected chi connectivity index (χ1v) is 14.0. The number of nitrogens with one attached hydrogen (secondary N) is 1. The van der Waals surface area contributed by atoms with E-state index in [9.17, 15) is 9.59 Å². The minimum absolute atomic E-state index is 0.0303. The lowest BCUT2D eigenvalue weighted by atomic mass is 10.1. The second kappa shape index (κ2) is 14.8. The van der Waals surface area contributed by atoms with Gasteiger partial charge in [-0.05, 0) is 61.7 Å². The summed E-state index contributed by atoms with van der Waals surface area (Å²) in [6.07, 6.45) is 7.79. The molecule has 3 rings (SSSR count). The van der Waals surface area contributed by atoms with Crippen molar-refractivity contribution >= 4 is 28.9 Å². The summed E-state index contributed by atoms with van der Waals surface area (Å²) in [4.78, 5) is 28.0. The largest absolute Gasteiger partial charge is 0.495 e. The Morgan fingerprint density at radius 2 is 1.83 bits per heavy atom. The van der Waals surface area contributed by atoms with Crippen LogP contribution in [0.1, 0.15) is 78.6 Å². The zero-order valence-electron chi connectivity index (χ0n) is 24.4. The predicted molar refractivity (Wildman–Crippen MR) is 163 cm³/mol. The fraction of sp³-hybridized carbons (Fsp3) is 0.344. The fourth-order valence-electron chi connectivity index (χ4n) is 4.52. The molecule has 0 spiro atoms. The van der Waals surface area contributed by atoms with Crippen molar-refractivity contribution in [3.8, 4) is 5.75 Å². The molecule has 0 aliphatic heterocycles. The molecule has 3 N–H and O–H groups in total. The summed E-state index contributed by atoms with van der Waals surface area (Å²) in [6.45, 7) is 11.1. The van der Waals surface area contributed by atoms with Crippen molar-refractivity contribution in [1.82, 2.24) is 14.7 Å². The van der Waals surface area contributed by atoms with Gasteiger partial charge in [-0.3, -0.25) is 9.59 Å². The molecular weight excluding hydrogens is 521 g/mol. The fourth-order valence-corrected chi connectivity index (χ4v) is 4.52. The maximum Gasteiger partial charge on any atom is 0.276 e. The number of anilines is 2. The summed E-state index contributed by atoms with van der Waals surface area (Å²) in [5, 5.41) is 7.14. The number of carbonyl (C=O) groups is 2. The molecule has 9 heteroatoms. The Bertz CT molecular complexity index is 1410. The highest BCUT2D eigenvalue weighted by Gasteiger charge is 2.20. The zero-order valence-corrected chi connectivity index (χ0v) is 24.4. The van der Waals surface area contributed by atoms with Crippen molar-refractivity contribution < 1.29 is 18.7 Å². The number of halogens is 1. The van der Waals surface area contributed by atoms with Crippen LogP contribution in [0.15, 0.2) is 61.2 Å². The Morgan fingerprint density at radius 3 is 2.46 bits per heavy atom. The van der Waals surface area contributed by atoms with Gasteiger partial charge in [0.2, 0.25) is 0 Å². The molecule has 0 bridgehead atoms. The van der Waals surface area contributed by atoms with Crippen LogP contribution in [0.5, 0.6) is 5.75 Å². The van der Waals surface area contributed by atoms with Gasteiger partial charge in [0.25, 0.3) is 11.8 Å². The number of unbranched alkanes of at least 4 members (excludes halogenated alkanes) is 2. The van der Waals surface area contributed by atoms with Crippen molar-refractivity contribution in [2.24, 2.45) is 0 Å². The number of hydrogen-bond donors (Lipinski definition) is 2. The van der Waals surface area contributed by atoms with E-state index in [1.807, 2.05) is 19.9 Å². The Labute approximate surface area is 241 Å². The van der Waals surface area contributed by atoms with E-state index in [1.165, 1.54) is 19.2 Å². The molecule has 41 heavy (non-hydrogen) atoms. The van der Waals surface area contributed by atoms with Gasteiger partial charge in [-0.2, -0.15) is 5.10 Å². The molecule has 3 aromatic rings. The lowest BCUT2D eigenvalue weighted by molar-refractivity contribution is 0.0752. The molecule has 8 nitrogen and oxygen atoms in total. The van der Waals surface area contributed by atoms with Crippen LogP contribution in [-0.2, 0) is 6.42 Å². The monoisotopic (exact) mass is 561 g/mol. The lowest BCUT2D eigenvalue weighted by Gasteiger charge is -2.22. The number of allylic oxidation sites excluding steroid dienone is 2. The predicted octanol–water partition coefficient (Wildman–Crippen LogP) is 6.55. The third kappa shape index (κ3) is 7.63. The normalized spacial score (nSPS) is 11.3. The van der Waals surface area contributed by atoms with Gasteiger partial charge in [0, 0.05) is 29.9 Å².